The number of benzene rings is 1. The molecule has 0 aliphatic heterocycles. The first-order valence-corrected chi connectivity index (χ1v) is 10.1. The van der Waals surface area contributed by atoms with Gasteiger partial charge in [-0.2, -0.15) is 0 Å². The highest BCUT2D eigenvalue weighted by molar-refractivity contribution is 5.69. The van der Waals surface area contributed by atoms with E-state index in [9.17, 15) is 14.9 Å². The van der Waals surface area contributed by atoms with Crippen molar-refractivity contribution in [1.29, 1.82) is 0 Å². The minimum Gasteiger partial charge on any atom is -0.481 e. The Hall–Kier alpha value is -2.11. The van der Waals surface area contributed by atoms with Crippen LogP contribution in [0.1, 0.15) is 77.2 Å². The fourth-order valence-electron chi connectivity index (χ4n) is 4.12. The third-order valence-corrected chi connectivity index (χ3v) is 5.47. The van der Waals surface area contributed by atoms with E-state index < -0.39 is 5.97 Å². The van der Waals surface area contributed by atoms with E-state index in [1.807, 2.05) is 19.1 Å². The van der Waals surface area contributed by atoms with E-state index in [0.29, 0.717) is 24.1 Å². The molecule has 0 heterocycles. The lowest BCUT2D eigenvalue weighted by molar-refractivity contribution is -0.384. The molecule has 1 saturated carbocycles. The summed E-state index contributed by atoms with van der Waals surface area (Å²) in [6.45, 7) is 6.98. The first kappa shape index (κ1) is 21.2. The number of carboxylic acid groups (broad SMARTS) is 1. The molecule has 6 nitrogen and oxygen atoms in total. The van der Waals surface area contributed by atoms with Crippen LogP contribution in [0.4, 0.5) is 11.4 Å². The second kappa shape index (κ2) is 9.72. The molecule has 1 N–H and O–H groups in total. The van der Waals surface area contributed by atoms with E-state index in [0.717, 1.165) is 24.9 Å². The monoisotopic (exact) mass is 376 g/mol. The quantitative estimate of drug-likeness (QED) is 0.463. The number of nitro benzene ring substituents is 1. The number of carboxylic acids is 1. The van der Waals surface area contributed by atoms with Crippen LogP contribution in [0.15, 0.2) is 18.2 Å². The van der Waals surface area contributed by atoms with Crippen LogP contribution in [-0.4, -0.2) is 28.6 Å². The molecule has 0 saturated heterocycles. The van der Waals surface area contributed by atoms with Crippen molar-refractivity contribution in [2.45, 2.75) is 77.7 Å². The van der Waals surface area contributed by atoms with Gasteiger partial charge in [0.2, 0.25) is 0 Å². The Morgan fingerprint density at radius 2 is 1.96 bits per heavy atom. The minimum absolute atomic E-state index is 0.00860. The van der Waals surface area contributed by atoms with Crippen molar-refractivity contribution in [1.82, 2.24) is 0 Å². The van der Waals surface area contributed by atoms with Crippen LogP contribution < -0.4 is 4.90 Å². The van der Waals surface area contributed by atoms with Gasteiger partial charge >= 0.3 is 5.97 Å². The van der Waals surface area contributed by atoms with Gasteiger partial charge in [0.25, 0.3) is 5.69 Å². The van der Waals surface area contributed by atoms with Crippen molar-refractivity contribution in [2.75, 3.05) is 11.4 Å². The Balaban J connectivity index is 2.42. The molecule has 0 bridgehead atoms. The average Bonchev–Trinajstić information content (AvgIpc) is 2.64. The van der Waals surface area contributed by atoms with Gasteiger partial charge in [-0.25, -0.2) is 0 Å². The van der Waals surface area contributed by atoms with E-state index >= 15 is 0 Å². The molecule has 2 rings (SSSR count). The predicted octanol–water partition coefficient (Wildman–Crippen LogP) is 5.36. The Morgan fingerprint density at radius 1 is 1.30 bits per heavy atom. The molecular weight excluding hydrogens is 344 g/mol. The topological polar surface area (TPSA) is 83.7 Å². The number of nitro groups is 1. The lowest BCUT2D eigenvalue weighted by Crippen LogP contribution is -2.39. The van der Waals surface area contributed by atoms with Crippen molar-refractivity contribution in [3.05, 3.63) is 33.9 Å². The lowest BCUT2D eigenvalue weighted by Gasteiger charge is -2.37. The van der Waals surface area contributed by atoms with Crippen LogP contribution in [0.25, 0.3) is 0 Å². The molecule has 0 radical (unpaired) electrons. The standard InChI is InChI=1S/C21H32N2O4/c1-4-16(13-21(24)25)17-10-11-19(20(12-17)23(26)27)22(14-15(2)3)18-8-6-5-7-9-18/h10-12,15-16,18H,4-9,13-14H2,1-3H3,(H,24,25). The maximum absolute atomic E-state index is 11.8. The van der Waals surface area contributed by atoms with E-state index in [1.54, 1.807) is 6.07 Å². The maximum atomic E-state index is 11.8. The third-order valence-electron chi connectivity index (χ3n) is 5.47. The van der Waals surface area contributed by atoms with Gasteiger partial charge in [0.1, 0.15) is 5.69 Å². The minimum atomic E-state index is -0.878. The van der Waals surface area contributed by atoms with Crippen LogP contribution in [0.5, 0.6) is 0 Å². The zero-order chi connectivity index (χ0) is 20.0. The molecule has 27 heavy (non-hydrogen) atoms. The largest absolute Gasteiger partial charge is 0.481 e. The molecule has 0 spiro atoms. The summed E-state index contributed by atoms with van der Waals surface area (Å²) >= 11 is 0. The molecule has 1 aliphatic rings. The highest BCUT2D eigenvalue weighted by Gasteiger charge is 2.28. The lowest BCUT2D eigenvalue weighted by atomic mass is 9.91. The van der Waals surface area contributed by atoms with Gasteiger partial charge in [0, 0.05) is 18.7 Å². The molecule has 1 aromatic rings. The molecule has 1 aromatic carbocycles. The first-order valence-electron chi connectivity index (χ1n) is 10.1. The predicted molar refractivity (Wildman–Crippen MR) is 107 cm³/mol. The second-order valence-electron chi connectivity index (χ2n) is 8.05. The molecule has 6 heteroatoms. The van der Waals surface area contributed by atoms with Gasteiger partial charge < -0.3 is 10.0 Å². The number of hydrogen-bond acceptors (Lipinski definition) is 4. The van der Waals surface area contributed by atoms with Crippen LogP contribution >= 0.6 is 0 Å². The molecular formula is C21H32N2O4. The van der Waals surface area contributed by atoms with Crippen molar-refractivity contribution >= 4 is 17.3 Å². The Kier molecular flexibility index (Phi) is 7.63. The Bertz CT molecular complexity index is 654. The molecule has 1 atom stereocenters. The fourth-order valence-corrected chi connectivity index (χ4v) is 4.12. The highest BCUT2D eigenvalue weighted by atomic mass is 16.6. The molecule has 1 unspecified atom stereocenters. The van der Waals surface area contributed by atoms with Crippen LogP contribution in [0, 0.1) is 16.0 Å². The maximum Gasteiger partial charge on any atom is 0.303 e. The van der Waals surface area contributed by atoms with Gasteiger partial charge in [-0.05, 0) is 42.7 Å². The second-order valence-corrected chi connectivity index (χ2v) is 8.05. The number of hydrogen-bond donors (Lipinski definition) is 1. The summed E-state index contributed by atoms with van der Waals surface area (Å²) in [4.78, 5) is 24.9. The van der Waals surface area contributed by atoms with Crippen molar-refractivity contribution < 1.29 is 14.8 Å². The normalized spacial score (nSPS) is 16.3. The summed E-state index contributed by atoms with van der Waals surface area (Å²) in [5, 5.41) is 21.0. The average molecular weight is 376 g/mol. The number of rotatable bonds is 9. The van der Waals surface area contributed by atoms with Gasteiger partial charge in [-0.1, -0.05) is 46.1 Å². The van der Waals surface area contributed by atoms with Crippen LogP contribution in [0.2, 0.25) is 0 Å². The van der Waals surface area contributed by atoms with Crippen LogP contribution in [-0.2, 0) is 4.79 Å². The van der Waals surface area contributed by atoms with Gasteiger partial charge in [-0.15, -0.1) is 0 Å². The Morgan fingerprint density at radius 3 is 2.48 bits per heavy atom. The molecule has 150 valence electrons. The summed E-state index contributed by atoms with van der Waals surface area (Å²) in [6.07, 6.45) is 6.35. The zero-order valence-corrected chi connectivity index (χ0v) is 16.7. The molecule has 1 aliphatic carbocycles. The highest BCUT2D eigenvalue weighted by Crippen LogP contribution is 2.37. The smallest absolute Gasteiger partial charge is 0.303 e. The number of aliphatic carboxylic acids is 1. The van der Waals surface area contributed by atoms with Crippen molar-refractivity contribution in [3.8, 4) is 0 Å². The zero-order valence-electron chi connectivity index (χ0n) is 16.7. The van der Waals surface area contributed by atoms with E-state index in [2.05, 4.69) is 18.7 Å². The summed E-state index contributed by atoms with van der Waals surface area (Å²) in [7, 11) is 0. The van der Waals surface area contributed by atoms with E-state index in [1.165, 1.54) is 19.3 Å². The fraction of sp³-hybridized carbons (Fsp3) is 0.667. The number of carbonyl (C=O) groups is 1. The SMILES string of the molecule is CCC(CC(=O)O)c1ccc(N(CC(C)C)C2CCCCC2)c([N+](=O)[O-])c1. The van der Waals surface area contributed by atoms with E-state index in [-0.39, 0.29) is 22.9 Å². The molecule has 0 aromatic heterocycles. The van der Waals surface area contributed by atoms with Crippen molar-refractivity contribution in [2.24, 2.45) is 5.92 Å². The van der Waals surface area contributed by atoms with Crippen molar-refractivity contribution in [3.63, 3.8) is 0 Å². The van der Waals surface area contributed by atoms with Gasteiger partial charge in [0.15, 0.2) is 0 Å². The number of anilines is 1. The molecule has 1 fully saturated rings. The summed E-state index contributed by atoms with van der Waals surface area (Å²) in [6, 6.07) is 5.67. The summed E-state index contributed by atoms with van der Waals surface area (Å²) < 4.78 is 0. The van der Waals surface area contributed by atoms with Crippen LogP contribution in [0.3, 0.4) is 0 Å². The van der Waals surface area contributed by atoms with E-state index in [4.69, 9.17) is 5.11 Å². The Labute approximate surface area is 161 Å². The third kappa shape index (κ3) is 5.68. The summed E-state index contributed by atoms with van der Waals surface area (Å²) in [5.74, 6) is -0.678. The summed E-state index contributed by atoms with van der Waals surface area (Å²) in [5.41, 5.74) is 1.51. The molecule has 0 amide bonds. The van der Waals surface area contributed by atoms with Gasteiger partial charge in [0.05, 0.1) is 11.3 Å². The van der Waals surface area contributed by atoms with Gasteiger partial charge in [-0.3, -0.25) is 14.9 Å². The first-order chi connectivity index (χ1) is 12.8. The number of nitrogens with zero attached hydrogens (tertiary/aromatic N) is 2.